The number of carboxylic acid groups (broad SMARTS) is 1. The Balaban J connectivity index is 5.47. The zero-order chi connectivity index (χ0) is 26.8. The smallest absolute Gasteiger partial charge is 0.326 e. The van der Waals surface area contributed by atoms with Gasteiger partial charge in [0, 0.05) is 0 Å². The summed E-state index contributed by atoms with van der Waals surface area (Å²) in [6.07, 6.45) is 4.47. The van der Waals surface area contributed by atoms with Crippen LogP contribution in [0.3, 0.4) is 0 Å². The normalized spacial score (nSPS) is 14.6. The third-order valence-corrected chi connectivity index (χ3v) is 5.74. The lowest BCUT2D eigenvalue weighted by molar-refractivity contribution is -0.142. The predicted molar refractivity (Wildman–Crippen MR) is 135 cm³/mol. The summed E-state index contributed by atoms with van der Waals surface area (Å²) >= 11 is 0. The first-order valence-corrected chi connectivity index (χ1v) is 12.6. The first kappa shape index (κ1) is 32.7. The van der Waals surface area contributed by atoms with Crippen molar-refractivity contribution in [2.45, 2.75) is 95.8 Å². The van der Waals surface area contributed by atoms with E-state index in [1.165, 1.54) is 0 Å². The zero-order valence-corrected chi connectivity index (χ0v) is 21.3. The molecule has 35 heavy (non-hydrogen) atoms. The molecule has 204 valence electrons. The topological polar surface area (TPSA) is 229 Å². The highest BCUT2D eigenvalue weighted by Gasteiger charge is 2.30. The summed E-state index contributed by atoms with van der Waals surface area (Å²) < 4.78 is 0. The van der Waals surface area contributed by atoms with Crippen molar-refractivity contribution >= 4 is 23.7 Å². The highest BCUT2D eigenvalue weighted by molar-refractivity contribution is 5.94. The summed E-state index contributed by atoms with van der Waals surface area (Å²) in [7, 11) is 0. The number of carboxylic acids is 1. The maximum atomic E-state index is 13.1. The molecule has 0 aromatic carbocycles. The summed E-state index contributed by atoms with van der Waals surface area (Å²) in [6.45, 7) is 4.90. The molecule has 0 saturated heterocycles. The molecule has 0 bridgehead atoms. The van der Waals surface area contributed by atoms with Crippen molar-refractivity contribution in [3.63, 3.8) is 0 Å². The van der Waals surface area contributed by atoms with Gasteiger partial charge in [-0.15, -0.1) is 0 Å². The van der Waals surface area contributed by atoms with Gasteiger partial charge in [-0.25, -0.2) is 4.79 Å². The number of nitrogens with two attached hydrogens (primary N) is 4. The van der Waals surface area contributed by atoms with E-state index in [0.29, 0.717) is 64.6 Å². The molecule has 3 amide bonds. The van der Waals surface area contributed by atoms with E-state index in [9.17, 15) is 24.3 Å². The average molecular weight is 502 g/mol. The third kappa shape index (κ3) is 14.0. The number of unbranched alkanes of at least 4 members (excludes halogenated alkanes) is 3. The quantitative estimate of drug-likeness (QED) is 0.0944. The van der Waals surface area contributed by atoms with Crippen LogP contribution < -0.4 is 38.9 Å². The van der Waals surface area contributed by atoms with Crippen LogP contribution in [0.2, 0.25) is 0 Å². The maximum Gasteiger partial charge on any atom is 0.326 e. The molecule has 0 aromatic heterocycles. The largest absolute Gasteiger partial charge is 0.480 e. The van der Waals surface area contributed by atoms with Crippen LogP contribution >= 0.6 is 0 Å². The Kier molecular flexibility index (Phi) is 17.7. The van der Waals surface area contributed by atoms with Crippen LogP contribution in [0.15, 0.2) is 0 Å². The van der Waals surface area contributed by atoms with E-state index in [0.717, 1.165) is 0 Å². The van der Waals surface area contributed by atoms with Crippen molar-refractivity contribution in [2.75, 3.05) is 19.6 Å². The molecule has 0 rings (SSSR count). The Bertz CT molecular complexity index is 648. The fourth-order valence-electron chi connectivity index (χ4n) is 3.39. The van der Waals surface area contributed by atoms with Crippen molar-refractivity contribution in [2.24, 2.45) is 28.9 Å². The van der Waals surface area contributed by atoms with Gasteiger partial charge in [-0.2, -0.15) is 0 Å². The lowest BCUT2D eigenvalue weighted by atomic mass is 10.0. The molecule has 0 aliphatic heterocycles. The Morgan fingerprint density at radius 2 is 0.971 bits per heavy atom. The van der Waals surface area contributed by atoms with E-state index in [1.807, 2.05) is 0 Å². The molecule has 4 atom stereocenters. The zero-order valence-electron chi connectivity index (χ0n) is 21.3. The van der Waals surface area contributed by atoms with Gasteiger partial charge in [-0.05, 0) is 83.3 Å². The van der Waals surface area contributed by atoms with Crippen LogP contribution in [0.4, 0.5) is 0 Å². The fraction of sp³-hybridized carbons (Fsp3) is 0.826. The first-order chi connectivity index (χ1) is 16.6. The minimum Gasteiger partial charge on any atom is -0.480 e. The highest BCUT2D eigenvalue weighted by atomic mass is 16.4. The Labute approximate surface area is 208 Å². The number of amides is 3. The number of hydrogen-bond donors (Lipinski definition) is 8. The van der Waals surface area contributed by atoms with E-state index in [2.05, 4.69) is 16.0 Å². The first-order valence-electron chi connectivity index (χ1n) is 12.6. The van der Waals surface area contributed by atoms with E-state index < -0.39 is 47.9 Å². The van der Waals surface area contributed by atoms with Gasteiger partial charge >= 0.3 is 5.97 Å². The molecule has 0 saturated carbocycles. The van der Waals surface area contributed by atoms with Gasteiger partial charge in [0.05, 0.1) is 6.04 Å². The number of nitrogens with one attached hydrogen (secondary N) is 3. The van der Waals surface area contributed by atoms with Crippen LogP contribution in [0.1, 0.15) is 71.6 Å². The lowest BCUT2D eigenvalue weighted by Gasteiger charge is -2.26. The van der Waals surface area contributed by atoms with Gasteiger partial charge in [-0.3, -0.25) is 14.4 Å². The predicted octanol–water partition coefficient (Wildman–Crippen LogP) is -1.10. The molecular formula is C23H47N7O5. The summed E-state index contributed by atoms with van der Waals surface area (Å²) in [5.41, 5.74) is 22.5. The monoisotopic (exact) mass is 501 g/mol. The van der Waals surface area contributed by atoms with Crippen LogP contribution in [-0.4, -0.2) is 72.6 Å². The molecule has 12 heteroatoms. The Morgan fingerprint density at radius 1 is 0.629 bits per heavy atom. The van der Waals surface area contributed by atoms with Crippen molar-refractivity contribution in [3.05, 3.63) is 0 Å². The molecule has 0 spiro atoms. The minimum atomic E-state index is -1.16. The summed E-state index contributed by atoms with van der Waals surface area (Å²) in [5.74, 6) is -2.86. The van der Waals surface area contributed by atoms with E-state index in [4.69, 9.17) is 22.9 Å². The second kappa shape index (κ2) is 19.0. The van der Waals surface area contributed by atoms with Crippen LogP contribution in [0.25, 0.3) is 0 Å². The molecule has 4 unspecified atom stereocenters. The molecule has 12 nitrogen and oxygen atoms in total. The van der Waals surface area contributed by atoms with Crippen LogP contribution in [0, 0.1) is 5.92 Å². The number of rotatable bonds is 20. The molecule has 0 radical (unpaired) electrons. The lowest BCUT2D eigenvalue weighted by Crippen LogP contribution is -2.57. The molecule has 0 aromatic rings. The molecule has 0 heterocycles. The molecule has 12 N–H and O–H groups in total. The highest BCUT2D eigenvalue weighted by Crippen LogP contribution is 2.08. The van der Waals surface area contributed by atoms with E-state index in [-0.39, 0.29) is 18.8 Å². The van der Waals surface area contributed by atoms with Crippen LogP contribution in [0.5, 0.6) is 0 Å². The summed E-state index contributed by atoms with van der Waals surface area (Å²) in [6, 6.07) is -3.75. The Hall–Kier alpha value is -2.28. The van der Waals surface area contributed by atoms with E-state index in [1.54, 1.807) is 13.8 Å². The number of carbonyl (C=O) groups is 4. The van der Waals surface area contributed by atoms with Crippen molar-refractivity contribution in [1.82, 2.24) is 16.0 Å². The van der Waals surface area contributed by atoms with Crippen molar-refractivity contribution in [3.8, 4) is 0 Å². The van der Waals surface area contributed by atoms with Gasteiger partial charge in [-0.1, -0.05) is 13.8 Å². The number of aliphatic carboxylic acids is 1. The molecular weight excluding hydrogens is 454 g/mol. The van der Waals surface area contributed by atoms with Crippen LogP contribution in [-0.2, 0) is 19.2 Å². The second-order valence-electron chi connectivity index (χ2n) is 9.14. The van der Waals surface area contributed by atoms with Gasteiger partial charge in [0.15, 0.2) is 0 Å². The fourth-order valence-corrected chi connectivity index (χ4v) is 3.39. The van der Waals surface area contributed by atoms with Gasteiger partial charge < -0.3 is 44.0 Å². The molecule has 0 fully saturated rings. The summed E-state index contributed by atoms with van der Waals surface area (Å²) in [5, 5.41) is 17.4. The number of carbonyl (C=O) groups excluding carboxylic acids is 3. The van der Waals surface area contributed by atoms with E-state index >= 15 is 0 Å². The van der Waals surface area contributed by atoms with Gasteiger partial charge in [0.1, 0.15) is 18.1 Å². The second-order valence-corrected chi connectivity index (χ2v) is 9.14. The van der Waals surface area contributed by atoms with Gasteiger partial charge in [0.25, 0.3) is 0 Å². The maximum absolute atomic E-state index is 13.1. The van der Waals surface area contributed by atoms with Gasteiger partial charge in [0.2, 0.25) is 17.7 Å². The minimum absolute atomic E-state index is 0.121. The molecule has 0 aliphatic carbocycles. The average Bonchev–Trinajstić information content (AvgIpc) is 2.81. The van der Waals surface area contributed by atoms with Crippen molar-refractivity contribution < 1.29 is 24.3 Å². The summed E-state index contributed by atoms with van der Waals surface area (Å²) in [4.78, 5) is 50.2. The standard InChI is InChI=1S/C23H47N7O5/c1-15(2)19(27)22(33)29-17(10-4-7-13-25)20(31)28-16(9-3-6-12-24)21(32)30-18(23(34)35)11-5-8-14-26/h15-19H,3-14,24-27H2,1-2H3,(H,28,31)(H,29,33)(H,30,32)(H,34,35). The van der Waals surface area contributed by atoms with Crippen molar-refractivity contribution in [1.29, 1.82) is 0 Å². The number of hydrogen-bond acceptors (Lipinski definition) is 8. The Morgan fingerprint density at radius 3 is 1.31 bits per heavy atom. The SMILES string of the molecule is CC(C)C(N)C(=O)NC(CCCCN)C(=O)NC(CCCCN)C(=O)NC(CCCCN)C(=O)O. The third-order valence-electron chi connectivity index (χ3n) is 5.74. The molecule has 0 aliphatic rings.